The van der Waals surface area contributed by atoms with Crippen molar-refractivity contribution >= 4 is 0 Å². The third-order valence-electron chi connectivity index (χ3n) is 5.16. The van der Waals surface area contributed by atoms with Crippen molar-refractivity contribution in [1.29, 1.82) is 0 Å². The number of nitrogens with one attached hydrogen (secondary N) is 1. The molecule has 2 atom stereocenters. The molecule has 1 aromatic carbocycles. The van der Waals surface area contributed by atoms with Gasteiger partial charge in [-0.2, -0.15) is 17.8 Å². The van der Waals surface area contributed by atoms with E-state index in [0.29, 0.717) is 0 Å². The number of hydrogen-bond donors (Lipinski definition) is 1. The summed E-state index contributed by atoms with van der Waals surface area (Å²) in [5, 5.41) is 3.23. The molecule has 1 nitrogen and oxygen atoms in total. The smallest absolute Gasteiger partial charge is 0.00640 e. The summed E-state index contributed by atoms with van der Waals surface area (Å²) in [6.07, 6.45) is 13.4. The molecule has 0 heterocycles. The van der Waals surface area contributed by atoms with E-state index in [1.54, 1.807) is 0 Å². The molecule has 4 fully saturated rings. The van der Waals surface area contributed by atoms with Crippen molar-refractivity contribution in [2.45, 2.75) is 57.4 Å². The van der Waals surface area contributed by atoms with E-state index in [-0.39, 0.29) is 42.1 Å². The van der Waals surface area contributed by atoms with Gasteiger partial charge in [-0.25, -0.2) is 6.42 Å². The van der Waals surface area contributed by atoms with Crippen LogP contribution in [0.2, 0.25) is 0 Å². The zero-order valence-corrected chi connectivity index (χ0v) is 20.2. The van der Waals surface area contributed by atoms with Crippen LogP contribution in [0.3, 0.4) is 0 Å². The number of hydrogen-bond acceptors (Lipinski definition) is 1. The Hall–Kier alpha value is 0.557. The average molecular weight is 651 g/mol. The van der Waals surface area contributed by atoms with E-state index in [2.05, 4.69) is 55.4 Å². The molecular formula is C20H29NW2-2. The minimum Gasteiger partial charge on any atom is -0.327 e. The van der Waals surface area contributed by atoms with Gasteiger partial charge < -0.3 is 18.2 Å². The molecule has 128 valence electrons. The second-order valence-corrected chi connectivity index (χ2v) is 7.17. The van der Waals surface area contributed by atoms with Crippen molar-refractivity contribution in [2.75, 3.05) is 7.05 Å². The van der Waals surface area contributed by atoms with Crippen LogP contribution in [0.25, 0.3) is 0 Å². The van der Waals surface area contributed by atoms with E-state index < -0.39 is 0 Å². The predicted octanol–water partition coefficient (Wildman–Crippen LogP) is 4.75. The van der Waals surface area contributed by atoms with Crippen LogP contribution in [0.5, 0.6) is 0 Å². The Kier molecular flexibility index (Phi) is 9.29. The fourth-order valence-corrected chi connectivity index (χ4v) is 2.59. The van der Waals surface area contributed by atoms with Crippen LogP contribution in [0.4, 0.5) is 0 Å². The first-order valence-corrected chi connectivity index (χ1v) is 8.62. The molecule has 1 aromatic rings. The second kappa shape index (κ2) is 9.89. The van der Waals surface area contributed by atoms with Crippen molar-refractivity contribution < 1.29 is 42.1 Å². The SMILES string of the molecule is CNC(C)C1CC1.[CH-]1CC12CC2.[W].[W].c1ccc(C2[CH-]C2)cc1. The Balaban J connectivity index is 0.000000171. The van der Waals surface area contributed by atoms with Gasteiger partial charge in [0.05, 0.1) is 0 Å². The van der Waals surface area contributed by atoms with Crippen LogP contribution in [0.15, 0.2) is 30.3 Å². The fourth-order valence-electron chi connectivity index (χ4n) is 2.59. The van der Waals surface area contributed by atoms with Gasteiger partial charge in [-0.15, -0.1) is 0 Å². The molecule has 3 heteroatoms. The molecule has 1 spiro atoms. The molecule has 5 rings (SSSR count). The topological polar surface area (TPSA) is 12.0 Å². The summed E-state index contributed by atoms with van der Waals surface area (Å²) in [5.41, 5.74) is 2.34. The minimum absolute atomic E-state index is 0. The summed E-state index contributed by atoms with van der Waals surface area (Å²) in [6, 6.07) is 11.4. The quantitative estimate of drug-likeness (QED) is 0.466. The van der Waals surface area contributed by atoms with Gasteiger partial charge in [0.25, 0.3) is 0 Å². The van der Waals surface area contributed by atoms with E-state index in [1.807, 2.05) is 7.05 Å². The third kappa shape index (κ3) is 7.98. The molecule has 4 aliphatic carbocycles. The molecular weight excluding hydrogens is 622 g/mol. The second-order valence-electron chi connectivity index (χ2n) is 7.17. The van der Waals surface area contributed by atoms with Crippen LogP contribution in [-0.2, 0) is 42.1 Å². The van der Waals surface area contributed by atoms with Crippen LogP contribution < -0.4 is 5.32 Å². The molecule has 0 radical (unpaired) electrons. The first-order valence-electron chi connectivity index (χ1n) is 8.62. The summed E-state index contributed by atoms with van der Waals surface area (Å²) in [7, 11) is 2.03. The van der Waals surface area contributed by atoms with E-state index in [9.17, 15) is 0 Å². The van der Waals surface area contributed by atoms with Crippen LogP contribution in [0.1, 0.15) is 56.9 Å². The zero-order valence-electron chi connectivity index (χ0n) is 14.3. The summed E-state index contributed by atoms with van der Waals surface area (Å²) < 4.78 is 0. The van der Waals surface area contributed by atoms with Crippen molar-refractivity contribution in [2.24, 2.45) is 11.3 Å². The largest absolute Gasteiger partial charge is 0.327 e. The first-order chi connectivity index (χ1) is 10.2. The van der Waals surface area contributed by atoms with Crippen LogP contribution in [0, 0.1) is 24.2 Å². The van der Waals surface area contributed by atoms with Crippen LogP contribution in [-0.4, -0.2) is 13.1 Å². The van der Waals surface area contributed by atoms with Gasteiger partial charge in [0, 0.05) is 48.2 Å². The van der Waals surface area contributed by atoms with Gasteiger partial charge in [-0.3, -0.25) is 0 Å². The van der Waals surface area contributed by atoms with E-state index in [0.717, 1.165) is 23.3 Å². The predicted molar refractivity (Wildman–Crippen MR) is 89.9 cm³/mol. The standard InChI is InChI=1S/C9H9.C6H13N.C5H7.2W/c1-2-4-8(5-3-1)9-6-7-9;1-5(7-2)6-3-4-6;1-2-5(1)3-4-5;;/h1-6,9H,7H2;5-7H,3-4H2,1-2H3;1H,2-4H2;;/q-1;;-1;;. The number of benzene rings is 1. The van der Waals surface area contributed by atoms with Crippen LogP contribution >= 0.6 is 0 Å². The molecule has 4 aliphatic rings. The Morgan fingerprint density at radius 3 is 1.96 bits per heavy atom. The molecule has 0 aromatic heterocycles. The van der Waals surface area contributed by atoms with Crippen molar-refractivity contribution in [3.63, 3.8) is 0 Å². The molecule has 23 heavy (non-hydrogen) atoms. The Morgan fingerprint density at radius 1 is 1.13 bits per heavy atom. The van der Waals surface area contributed by atoms with E-state index in [1.165, 1.54) is 44.1 Å². The Labute approximate surface area is 171 Å². The van der Waals surface area contributed by atoms with Crippen molar-refractivity contribution in [1.82, 2.24) is 5.32 Å². The van der Waals surface area contributed by atoms with Gasteiger partial charge in [0.2, 0.25) is 0 Å². The maximum atomic E-state index is 3.23. The van der Waals surface area contributed by atoms with Gasteiger partial charge in [-0.1, -0.05) is 48.7 Å². The van der Waals surface area contributed by atoms with Crippen molar-refractivity contribution in [3.8, 4) is 0 Å². The molecule has 0 aliphatic heterocycles. The van der Waals surface area contributed by atoms with E-state index in [4.69, 9.17) is 0 Å². The monoisotopic (exact) mass is 651 g/mol. The molecule has 2 unspecified atom stereocenters. The zero-order chi connectivity index (χ0) is 14.7. The maximum Gasteiger partial charge on any atom is 0.00640 e. The normalized spacial score (nSPS) is 25.2. The van der Waals surface area contributed by atoms with Gasteiger partial charge in [0.1, 0.15) is 0 Å². The van der Waals surface area contributed by atoms with Crippen molar-refractivity contribution in [3.05, 3.63) is 48.7 Å². The third-order valence-corrected chi connectivity index (χ3v) is 5.16. The minimum atomic E-state index is 0. The summed E-state index contributed by atoms with van der Waals surface area (Å²) >= 11 is 0. The molecule has 1 N–H and O–H groups in total. The molecule has 0 bridgehead atoms. The summed E-state index contributed by atoms with van der Waals surface area (Å²) in [6.45, 7) is 2.25. The Bertz CT molecular complexity index is 419. The molecule has 4 saturated carbocycles. The molecule has 0 saturated heterocycles. The van der Waals surface area contributed by atoms with E-state index >= 15 is 0 Å². The maximum absolute atomic E-state index is 3.23. The van der Waals surface area contributed by atoms with Gasteiger partial charge in [0.15, 0.2) is 0 Å². The van der Waals surface area contributed by atoms with Gasteiger partial charge >= 0.3 is 0 Å². The summed E-state index contributed by atoms with van der Waals surface area (Å²) in [5.74, 6) is 1.79. The fraction of sp³-hybridized carbons (Fsp3) is 0.600. The first kappa shape index (κ1) is 21.6. The summed E-state index contributed by atoms with van der Waals surface area (Å²) in [4.78, 5) is 0. The average Bonchev–Trinajstić information content (AvgIpc) is 3.41. The van der Waals surface area contributed by atoms with Gasteiger partial charge in [-0.05, 0) is 32.7 Å². The molecule has 0 amide bonds. The number of rotatable bonds is 3. The Morgan fingerprint density at radius 2 is 1.70 bits per heavy atom.